The second kappa shape index (κ2) is 1.74. The SMILES string of the molecule is C=C1C=C(Br)C(=O)N1. The molecule has 1 rings (SSSR count). The summed E-state index contributed by atoms with van der Waals surface area (Å²) >= 11 is 3.03. The van der Waals surface area contributed by atoms with E-state index in [1.54, 1.807) is 6.08 Å². The van der Waals surface area contributed by atoms with Crippen molar-refractivity contribution in [2.45, 2.75) is 0 Å². The van der Waals surface area contributed by atoms with Crippen LogP contribution in [0.5, 0.6) is 0 Å². The highest BCUT2D eigenvalue weighted by Crippen LogP contribution is 2.13. The third kappa shape index (κ3) is 0.816. The molecule has 1 heterocycles. The molecule has 1 aliphatic rings. The lowest BCUT2D eigenvalue weighted by atomic mass is 10.5. The van der Waals surface area contributed by atoms with Gasteiger partial charge in [-0.05, 0) is 22.0 Å². The van der Waals surface area contributed by atoms with Crippen molar-refractivity contribution < 1.29 is 4.79 Å². The van der Waals surface area contributed by atoms with Crippen LogP contribution < -0.4 is 5.32 Å². The molecule has 42 valence electrons. The summed E-state index contributed by atoms with van der Waals surface area (Å²) in [6.07, 6.45) is 1.64. The van der Waals surface area contributed by atoms with E-state index in [4.69, 9.17) is 0 Å². The highest BCUT2D eigenvalue weighted by Gasteiger charge is 2.12. The normalized spacial score (nSPS) is 18.4. The number of halogens is 1. The Labute approximate surface area is 55.4 Å². The second-order valence-electron chi connectivity index (χ2n) is 1.47. The molecule has 1 aliphatic heterocycles. The maximum absolute atomic E-state index is 10.5. The van der Waals surface area contributed by atoms with Crippen LogP contribution >= 0.6 is 15.9 Å². The molecule has 3 heteroatoms. The largest absolute Gasteiger partial charge is 0.322 e. The van der Waals surface area contributed by atoms with E-state index in [0.717, 1.165) is 0 Å². The first-order valence-corrected chi connectivity index (χ1v) is 2.87. The lowest BCUT2D eigenvalue weighted by molar-refractivity contribution is -0.115. The predicted molar refractivity (Wildman–Crippen MR) is 34.3 cm³/mol. The number of carbonyl (C=O) groups excluding carboxylic acids is 1. The van der Waals surface area contributed by atoms with Crippen LogP contribution in [-0.2, 0) is 4.79 Å². The second-order valence-corrected chi connectivity index (χ2v) is 2.33. The van der Waals surface area contributed by atoms with Gasteiger partial charge in [0.2, 0.25) is 0 Å². The molecule has 2 nitrogen and oxygen atoms in total. The van der Waals surface area contributed by atoms with E-state index in [0.29, 0.717) is 10.2 Å². The Morgan fingerprint density at radius 3 is 2.50 bits per heavy atom. The molecule has 0 fully saturated rings. The highest BCUT2D eigenvalue weighted by atomic mass is 79.9. The van der Waals surface area contributed by atoms with E-state index < -0.39 is 0 Å². The molecule has 0 aromatic rings. The zero-order valence-electron chi connectivity index (χ0n) is 4.07. The fraction of sp³-hybridized carbons (Fsp3) is 0. The Morgan fingerprint density at radius 2 is 2.38 bits per heavy atom. The van der Waals surface area contributed by atoms with Crippen molar-refractivity contribution in [1.29, 1.82) is 0 Å². The fourth-order valence-corrected chi connectivity index (χ4v) is 0.836. The Kier molecular flexibility index (Phi) is 1.21. The molecule has 0 radical (unpaired) electrons. The van der Waals surface area contributed by atoms with Crippen LogP contribution in [0.2, 0.25) is 0 Å². The molecule has 0 unspecified atom stereocenters. The molecular weight excluding hydrogens is 170 g/mol. The number of rotatable bonds is 0. The summed E-state index contributed by atoms with van der Waals surface area (Å²) in [5.74, 6) is -0.116. The number of hydrogen-bond donors (Lipinski definition) is 1. The summed E-state index contributed by atoms with van der Waals surface area (Å²) < 4.78 is 0.544. The fourth-order valence-electron chi connectivity index (χ4n) is 0.460. The molecule has 1 N–H and O–H groups in total. The molecule has 0 bridgehead atoms. The van der Waals surface area contributed by atoms with Crippen molar-refractivity contribution in [1.82, 2.24) is 5.32 Å². The average Bonchev–Trinajstić information content (AvgIpc) is 1.85. The molecule has 1 amide bonds. The summed E-state index contributed by atoms with van der Waals surface area (Å²) in [4.78, 5) is 10.5. The van der Waals surface area contributed by atoms with Gasteiger partial charge >= 0.3 is 0 Å². The van der Waals surface area contributed by atoms with Gasteiger partial charge in [0, 0.05) is 5.70 Å². The quantitative estimate of drug-likeness (QED) is 0.580. The first-order chi connectivity index (χ1) is 3.70. The van der Waals surface area contributed by atoms with Crippen LogP contribution in [0.25, 0.3) is 0 Å². The van der Waals surface area contributed by atoms with Crippen molar-refractivity contribution >= 4 is 21.8 Å². The third-order valence-corrected chi connectivity index (χ3v) is 1.38. The molecule has 0 aliphatic carbocycles. The minimum absolute atomic E-state index is 0.116. The Morgan fingerprint density at radius 1 is 1.75 bits per heavy atom. The van der Waals surface area contributed by atoms with Gasteiger partial charge in [0.25, 0.3) is 5.91 Å². The molecule has 0 atom stereocenters. The number of allylic oxidation sites excluding steroid dienone is 1. The number of hydrogen-bond acceptors (Lipinski definition) is 1. The molecule has 0 saturated heterocycles. The average molecular weight is 174 g/mol. The maximum atomic E-state index is 10.5. The van der Waals surface area contributed by atoms with E-state index in [1.165, 1.54) is 0 Å². The van der Waals surface area contributed by atoms with Crippen LogP contribution in [0.4, 0.5) is 0 Å². The van der Waals surface area contributed by atoms with Crippen molar-refractivity contribution in [3.8, 4) is 0 Å². The summed E-state index contributed by atoms with van der Waals surface area (Å²) in [6, 6.07) is 0. The van der Waals surface area contributed by atoms with Crippen LogP contribution in [0.15, 0.2) is 22.8 Å². The predicted octanol–water partition coefficient (Wildman–Crippen LogP) is 0.909. The van der Waals surface area contributed by atoms with Gasteiger partial charge < -0.3 is 5.32 Å². The molecule has 0 aromatic carbocycles. The molecule has 8 heavy (non-hydrogen) atoms. The van der Waals surface area contributed by atoms with Crippen LogP contribution in [0.3, 0.4) is 0 Å². The lowest BCUT2D eigenvalue weighted by Crippen LogP contribution is -2.13. The third-order valence-electron chi connectivity index (χ3n) is 0.792. The van der Waals surface area contributed by atoms with Crippen LogP contribution in [0.1, 0.15) is 0 Å². The Hall–Kier alpha value is -0.570. The molecule has 0 spiro atoms. The van der Waals surface area contributed by atoms with E-state index in [1.807, 2.05) is 0 Å². The highest BCUT2D eigenvalue weighted by molar-refractivity contribution is 9.12. The van der Waals surface area contributed by atoms with Gasteiger partial charge in [0.15, 0.2) is 0 Å². The lowest BCUT2D eigenvalue weighted by Gasteiger charge is -1.87. The first kappa shape index (κ1) is 5.56. The van der Waals surface area contributed by atoms with Crippen molar-refractivity contribution in [2.24, 2.45) is 0 Å². The summed E-state index contributed by atoms with van der Waals surface area (Å²) in [6.45, 7) is 3.52. The summed E-state index contributed by atoms with van der Waals surface area (Å²) in [7, 11) is 0. The van der Waals surface area contributed by atoms with E-state index in [-0.39, 0.29) is 5.91 Å². The first-order valence-electron chi connectivity index (χ1n) is 2.07. The summed E-state index contributed by atoms with van der Waals surface area (Å²) in [5.41, 5.74) is 0.641. The van der Waals surface area contributed by atoms with E-state index in [9.17, 15) is 4.79 Å². The van der Waals surface area contributed by atoms with E-state index >= 15 is 0 Å². The van der Waals surface area contributed by atoms with Crippen molar-refractivity contribution in [3.05, 3.63) is 22.8 Å². The van der Waals surface area contributed by atoms with E-state index in [2.05, 4.69) is 27.8 Å². The topological polar surface area (TPSA) is 29.1 Å². The Bertz CT molecular complexity index is 183. The Balaban J connectivity index is 2.88. The van der Waals surface area contributed by atoms with Crippen molar-refractivity contribution in [2.75, 3.05) is 0 Å². The van der Waals surface area contributed by atoms with Crippen LogP contribution in [-0.4, -0.2) is 5.91 Å². The molecule has 0 aromatic heterocycles. The van der Waals surface area contributed by atoms with Gasteiger partial charge in [-0.25, -0.2) is 0 Å². The maximum Gasteiger partial charge on any atom is 0.262 e. The van der Waals surface area contributed by atoms with Crippen LogP contribution in [0, 0.1) is 0 Å². The zero-order valence-corrected chi connectivity index (χ0v) is 5.66. The van der Waals surface area contributed by atoms with Gasteiger partial charge in [-0.15, -0.1) is 0 Å². The number of carbonyl (C=O) groups is 1. The molecule has 0 saturated carbocycles. The smallest absolute Gasteiger partial charge is 0.262 e. The number of nitrogens with one attached hydrogen (secondary N) is 1. The van der Waals surface area contributed by atoms with Gasteiger partial charge in [-0.2, -0.15) is 0 Å². The van der Waals surface area contributed by atoms with Gasteiger partial charge in [-0.1, -0.05) is 6.58 Å². The minimum atomic E-state index is -0.116. The van der Waals surface area contributed by atoms with Gasteiger partial charge in [-0.3, -0.25) is 4.79 Å². The van der Waals surface area contributed by atoms with Gasteiger partial charge in [0.05, 0.1) is 4.48 Å². The zero-order chi connectivity index (χ0) is 6.15. The van der Waals surface area contributed by atoms with Gasteiger partial charge in [0.1, 0.15) is 0 Å². The molecular formula is C5H4BrNO. The monoisotopic (exact) mass is 173 g/mol. The standard InChI is InChI=1S/C5H4BrNO/c1-3-2-4(6)5(8)7-3/h2H,1H2,(H,7,8). The number of amides is 1. The minimum Gasteiger partial charge on any atom is -0.322 e. The summed E-state index contributed by atoms with van der Waals surface area (Å²) in [5, 5.41) is 2.49. The van der Waals surface area contributed by atoms with Crippen molar-refractivity contribution in [3.63, 3.8) is 0 Å².